The summed E-state index contributed by atoms with van der Waals surface area (Å²) in [7, 11) is 0. The normalized spacial score (nSPS) is 20.0. The second kappa shape index (κ2) is 5.46. The predicted molar refractivity (Wildman–Crippen MR) is 93.5 cm³/mol. The molecule has 1 saturated carbocycles. The van der Waals surface area contributed by atoms with E-state index in [0.717, 1.165) is 23.5 Å². The van der Waals surface area contributed by atoms with Gasteiger partial charge in [0.1, 0.15) is 17.0 Å². The molecule has 11 heteroatoms. The summed E-state index contributed by atoms with van der Waals surface area (Å²) in [5.74, 6) is -3.38. The summed E-state index contributed by atoms with van der Waals surface area (Å²) in [6.07, 6.45) is 5.11. The van der Waals surface area contributed by atoms with Crippen LogP contribution in [0.3, 0.4) is 0 Å². The number of pyridine rings is 1. The van der Waals surface area contributed by atoms with E-state index in [1.807, 2.05) is 0 Å². The monoisotopic (exact) mass is 392 g/mol. The minimum Gasteiger partial charge on any atom is -0.349 e. The van der Waals surface area contributed by atoms with Gasteiger partial charge in [0.05, 0.1) is 23.5 Å². The highest BCUT2D eigenvalue weighted by Crippen LogP contribution is 2.57. The second-order valence-electron chi connectivity index (χ2n) is 7.42. The topological polar surface area (TPSA) is 99.7 Å². The summed E-state index contributed by atoms with van der Waals surface area (Å²) in [5, 5.41) is 4.28. The largest absolute Gasteiger partial charge is 0.349 e. The third-order valence-corrected chi connectivity index (χ3v) is 5.80. The molecule has 2 N–H and O–H groups in total. The van der Waals surface area contributed by atoms with E-state index in [4.69, 9.17) is 0 Å². The Morgan fingerprint density at radius 2 is 1.96 bits per heavy atom. The standard InChI is InChI=1S/C17H15F3N6O2/c18-10-4-21-13(25-7-16(2-1-3-16)17(19,20)8-25)9-6-26(24-12(9)10)11-5-22-15(28)23-14(11)27/h4-6H,1-3,7-8H2,(H2,22,23,27,28). The molecule has 0 bridgehead atoms. The third-order valence-electron chi connectivity index (χ3n) is 5.80. The van der Waals surface area contributed by atoms with Gasteiger partial charge in [-0.25, -0.2) is 27.6 Å². The van der Waals surface area contributed by atoms with Gasteiger partial charge >= 0.3 is 5.69 Å². The molecule has 3 aromatic heterocycles. The van der Waals surface area contributed by atoms with Crippen LogP contribution in [0.4, 0.5) is 19.0 Å². The quantitative estimate of drug-likeness (QED) is 0.690. The number of fused-ring (bicyclic) bond motifs is 1. The molecule has 3 aromatic rings. The van der Waals surface area contributed by atoms with Crippen molar-refractivity contribution in [3.63, 3.8) is 0 Å². The number of rotatable bonds is 2. The van der Waals surface area contributed by atoms with E-state index in [0.29, 0.717) is 12.8 Å². The number of anilines is 1. The van der Waals surface area contributed by atoms with E-state index in [2.05, 4.69) is 20.1 Å². The van der Waals surface area contributed by atoms with Gasteiger partial charge in [0.25, 0.3) is 11.5 Å². The van der Waals surface area contributed by atoms with Crippen LogP contribution < -0.4 is 16.1 Å². The van der Waals surface area contributed by atoms with Gasteiger partial charge in [-0.3, -0.25) is 9.78 Å². The molecule has 1 aliphatic heterocycles. The van der Waals surface area contributed by atoms with Gasteiger partial charge in [0.15, 0.2) is 5.82 Å². The predicted octanol–water partition coefficient (Wildman–Crippen LogP) is 1.56. The van der Waals surface area contributed by atoms with E-state index in [-0.39, 0.29) is 29.0 Å². The van der Waals surface area contributed by atoms with Crippen LogP contribution in [0.2, 0.25) is 0 Å². The van der Waals surface area contributed by atoms with Gasteiger partial charge in [0, 0.05) is 18.9 Å². The molecule has 0 radical (unpaired) electrons. The van der Waals surface area contributed by atoms with E-state index in [1.54, 1.807) is 0 Å². The van der Waals surface area contributed by atoms with Crippen molar-refractivity contribution in [2.75, 3.05) is 18.0 Å². The first-order chi connectivity index (χ1) is 13.3. The average molecular weight is 392 g/mol. The molecular weight excluding hydrogens is 377 g/mol. The third kappa shape index (κ3) is 2.25. The summed E-state index contributed by atoms with van der Waals surface area (Å²) < 4.78 is 44.5. The molecule has 2 aliphatic rings. The van der Waals surface area contributed by atoms with Crippen molar-refractivity contribution in [1.29, 1.82) is 0 Å². The number of H-pyrrole nitrogens is 2. The summed E-state index contributed by atoms with van der Waals surface area (Å²) in [5.41, 5.74) is -2.59. The van der Waals surface area contributed by atoms with E-state index >= 15 is 0 Å². The Balaban J connectivity index is 1.63. The highest BCUT2D eigenvalue weighted by Gasteiger charge is 2.63. The summed E-state index contributed by atoms with van der Waals surface area (Å²) in [6, 6.07) is 0. The van der Waals surface area contributed by atoms with Gasteiger partial charge < -0.3 is 9.88 Å². The maximum Gasteiger partial charge on any atom is 0.325 e. The number of nitrogens with one attached hydrogen (secondary N) is 2. The van der Waals surface area contributed by atoms with Crippen LogP contribution in [-0.4, -0.2) is 43.7 Å². The lowest BCUT2D eigenvalue weighted by molar-refractivity contribution is -0.122. The fraction of sp³-hybridized carbons (Fsp3) is 0.412. The van der Waals surface area contributed by atoms with Crippen molar-refractivity contribution in [1.82, 2.24) is 24.7 Å². The van der Waals surface area contributed by atoms with Crippen molar-refractivity contribution < 1.29 is 13.2 Å². The molecule has 0 atom stereocenters. The maximum atomic E-state index is 14.6. The molecule has 0 amide bonds. The van der Waals surface area contributed by atoms with E-state index in [1.165, 1.54) is 11.1 Å². The number of hydrogen-bond acceptors (Lipinski definition) is 5. The molecule has 5 rings (SSSR count). The number of halogens is 3. The van der Waals surface area contributed by atoms with Crippen LogP contribution in [0.25, 0.3) is 16.6 Å². The fourth-order valence-electron chi connectivity index (χ4n) is 4.13. The maximum absolute atomic E-state index is 14.6. The number of nitrogens with zero attached hydrogens (tertiary/aromatic N) is 4. The SMILES string of the molecule is O=c1[nH]cc(-n2cc3c(N4CC(F)(F)C5(CCC5)C4)ncc(F)c3n2)c(=O)[nH]1. The van der Waals surface area contributed by atoms with Gasteiger partial charge in [-0.05, 0) is 12.8 Å². The zero-order valence-electron chi connectivity index (χ0n) is 14.5. The molecule has 1 saturated heterocycles. The molecule has 146 valence electrons. The Hall–Kier alpha value is -3.11. The van der Waals surface area contributed by atoms with Gasteiger partial charge in [0.2, 0.25) is 0 Å². The molecule has 4 heterocycles. The van der Waals surface area contributed by atoms with E-state index in [9.17, 15) is 22.8 Å². The van der Waals surface area contributed by atoms with Gasteiger partial charge in [-0.1, -0.05) is 6.42 Å². The minimum absolute atomic E-state index is 0.0386. The van der Waals surface area contributed by atoms with Crippen molar-refractivity contribution >= 4 is 16.7 Å². The molecule has 8 nitrogen and oxygen atoms in total. The molecule has 28 heavy (non-hydrogen) atoms. The Morgan fingerprint density at radius 1 is 1.18 bits per heavy atom. The van der Waals surface area contributed by atoms with E-state index < -0.39 is 34.9 Å². The highest BCUT2D eigenvalue weighted by molar-refractivity contribution is 5.90. The van der Waals surface area contributed by atoms with Crippen molar-refractivity contribution in [3.8, 4) is 5.69 Å². The average Bonchev–Trinajstić information content (AvgIpc) is 3.14. The van der Waals surface area contributed by atoms with Crippen LogP contribution in [0.15, 0.2) is 28.2 Å². The molecular formula is C17H15F3N6O2. The lowest BCUT2D eigenvalue weighted by atomic mass is 9.66. The van der Waals surface area contributed by atoms with Crippen LogP contribution in [-0.2, 0) is 0 Å². The number of alkyl halides is 2. The van der Waals surface area contributed by atoms with Crippen LogP contribution in [0.1, 0.15) is 19.3 Å². The first-order valence-corrected chi connectivity index (χ1v) is 8.79. The second-order valence-corrected chi connectivity index (χ2v) is 7.42. The lowest BCUT2D eigenvalue weighted by Gasteiger charge is -2.41. The first-order valence-electron chi connectivity index (χ1n) is 8.79. The zero-order valence-corrected chi connectivity index (χ0v) is 14.5. The van der Waals surface area contributed by atoms with Gasteiger partial charge in [-0.15, -0.1) is 0 Å². The van der Waals surface area contributed by atoms with Gasteiger partial charge in [-0.2, -0.15) is 5.10 Å². The molecule has 0 unspecified atom stereocenters. The summed E-state index contributed by atoms with van der Waals surface area (Å²) in [6.45, 7) is -0.358. The lowest BCUT2D eigenvalue weighted by Crippen LogP contribution is -2.45. The highest BCUT2D eigenvalue weighted by atomic mass is 19.3. The Kier molecular flexibility index (Phi) is 3.32. The molecule has 1 spiro atoms. The molecule has 2 fully saturated rings. The summed E-state index contributed by atoms with van der Waals surface area (Å²) >= 11 is 0. The number of aromatic amines is 2. The van der Waals surface area contributed by atoms with Crippen molar-refractivity contribution in [2.45, 2.75) is 25.2 Å². The van der Waals surface area contributed by atoms with Crippen LogP contribution in [0.5, 0.6) is 0 Å². The van der Waals surface area contributed by atoms with Crippen molar-refractivity contribution in [3.05, 3.63) is 45.2 Å². The summed E-state index contributed by atoms with van der Waals surface area (Å²) in [4.78, 5) is 33.1. The number of aromatic nitrogens is 5. The Bertz CT molecular complexity index is 1210. The Labute approximate surface area is 155 Å². The van der Waals surface area contributed by atoms with Crippen LogP contribution in [0, 0.1) is 11.2 Å². The zero-order chi connectivity index (χ0) is 19.7. The smallest absolute Gasteiger partial charge is 0.325 e. The minimum atomic E-state index is -2.85. The van der Waals surface area contributed by atoms with Crippen LogP contribution >= 0.6 is 0 Å². The first kappa shape index (κ1) is 17.0. The Morgan fingerprint density at radius 3 is 2.61 bits per heavy atom. The number of hydrogen-bond donors (Lipinski definition) is 2. The van der Waals surface area contributed by atoms with Crippen molar-refractivity contribution in [2.24, 2.45) is 5.41 Å². The molecule has 0 aromatic carbocycles. The molecule has 1 aliphatic carbocycles. The fourth-order valence-corrected chi connectivity index (χ4v) is 4.13.